The van der Waals surface area contributed by atoms with Gasteiger partial charge in [-0.3, -0.25) is 0 Å². The van der Waals surface area contributed by atoms with Gasteiger partial charge in [-0.15, -0.1) is 0 Å². The first kappa shape index (κ1) is 14.3. The fraction of sp³-hybridized carbons (Fsp3) is 1.00. The monoisotopic (exact) mass is 267 g/mol. The number of halogens is 1. The van der Waals surface area contributed by atoms with Crippen LogP contribution in [-0.2, 0) is 9.24 Å². The predicted octanol–water partition coefficient (Wildman–Crippen LogP) is 3.01. The minimum Gasteiger partial charge on any atom is -0.195 e. The Balaban J connectivity index is 3.39. The molecule has 0 aliphatic carbocycles. The average Bonchev–Trinajstić information content (AvgIpc) is 1.99. The molecule has 1 unspecified atom stereocenters. The molecule has 1 aliphatic heterocycles. The highest BCUT2D eigenvalue weighted by molar-refractivity contribution is 8.12. The van der Waals surface area contributed by atoms with Crippen molar-refractivity contribution in [1.82, 2.24) is 4.31 Å². The van der Waals surface area contributed by atoms with Crippen LogP contribution in [0.3, 0.4) is 0 Å². The van der Waals surface area contributed by atoms with Crippen molar-refractivity contribution >= 4 is 19.9 Å². The summed E-state index contributed by atoms with van der Waals surface area (Å²) in [5.41, 5.74) is -1.00. The molecule has 5 heteroatoms. The smallest absolute Gasteiger partial charge is 0.195 e. The third kappa shape index (κ3) is 1.39. The summed E-state index contributed by atoms with van der Waals surface area (Å²) in [6.07, 6.45) is 0. The van der Waals surface area contributed by atoms with Gasteiger partial charge in [-0.2, -0.15) is 12.7 Å². The molecule has 0 aromatic carbocycles. The molecule has 0 aromatic rings. The molecular formula is C11H22ClNO2S. The first-order chi connectivity index (χ1) is 6.81. The van der Waals surface area contributed by atoms with E-state index in [-0.39, 0.29) is 11.3 Å². The van der Waals surface area contributed by atoms with Gasteiger partial charge in [-0.25, -0.2) is 0 Å². The Hall–Kier alpha value is 0.200. The van der Waals surface area contributed by atoms with Gasteiger partial charge in [0, 0.05) is 27.2 Å². The van der Waals surface area contributed by atoms with E-state index < -0.39 is 20.3 Å². The molecule has 0 N–H and O–H groups in total. The van der Waals surface area contributed by atoms with Crippen LogP contribution in [0.1, 0.15) is 48.5 Å². The summed E-state index contributed by atoms with van der Waals surface area (Å²) in [5, 5.41) is 0. The predicted molar refractivity (Wildman–Crippen MR) is 67.7 cm³/mol. The normalized spacial score (nSPS) is 33.8. The number of rotatable bonds is 2. The Labute approximate surface area is 104 Å². The molecule has 1 aliphatic rings. The van der Waals surface area contributed by atoms with Crippen LogP contribution < -0.4 is 0 Å². The van der Waals surface area contributed by atoms with Gasteiger partial charge in [0.15, 0.2) is 0 Å². The Bertz CT molecular complexity index is 400. The molecule has 1 fully saturated rings. The number of hydrogen-bond donors (Lipinski definition) is 0. The maximum atomic E-state index is 11.7. The highest BCUT2D eigenvalue weighted by Gasteiger charge is 2.72. The molecule has 1 rings (SSSR count). The Morgan fingerprint density at radius 1 is 1.06 bits per heavy atom. The standard InChI is InChI=1S/C11H22ClNO2S/c1-8(2)11(7)9(3,4)10(5,6)13(11)16(12,14)15/h8H,1-7H3. The summed E-state index contributed by atoms with van der Waals surface area (Å²) in [4.78, 5) is 0. The zero-order valence-electron chi connectivity index (χ0n) is 11.1. The van der Waals surface area contributed by atoms with Crippen molar-refractivity contribution in [3.63, 3.8) is 0 Å². The lowest BCUT2D eigenvalue weighted by molar-refractivity contribution is -0.202. The summed E-state index contributed by atoms with van der Waals surface area (Å²) in [6.45, 7) is 14.1. The second kappa shape index (κ2) is 3.36. The lowest BCUT2D eigenvalue weighted by Crippen LogP contribution is -2.84. The number of hydrogen-bond acceptors (Lipinski definition) is 2. The second-order valence-electron chi connectivity index (χ2n) is 6.19. The summed E-state index contributed by atoms with van der Waals surface area (Å²) in [6, 6.07) is 0. The summed E-state index contributed by atoms with van der Waals surface area (Å²) in [7, 11) is 1.88. The van der Waals surface area contributed by atoms with Crippen LogP contribution in [0.5, 0.6) is 0 Å². The van der Waals surface area contributed by atoms with E-state index in [1.54, 1.807) is 0 Å². The minimum atomic E-state index is -3.69. The molecule has 0 spiro atoms. The van der Waals surface area contributed by atoms with Gasteiger partial charge in [-0.1, -0.05) is 27.7 Å². The molecule has 1 saturated heterocycles. The van der Waals surface area contributed by atoms with Gasteiger partial charge in [0.1, 0.15) is 0 Å². The van der Waals surface area contributed by atoms with E-state index in [1.807, 2.05) is 34.6 Å². The van der Waals surface area contributed by atoms with Crippen LogP contribution in [0, 0.1) is 11.3 Å². The Kier molecular flexibility index (Phi) is 3.00. The zero-order chi connectivity index (χ0) is 13.2. The lowest BCUT2D eigenvalue weighted by Gasteiger charge is -2.73. The highest BCUT2D eigenvalue weighted by Crippen LogP contribution is 2.63. The van der Waals surface area contributed by atoms with Crippen LogP contribution in [0.25, 0.3) is 0 Å². The molecule has 16 heavy (non-hydrogen) atoms. The average molecular weight is 268 g/mol. The van der Waals surface area contributed by atoms with Gasteiger partial charge in [0.25, 0.3) is 0 Å². The zero-order valence-corrected chi connectivity index (χ0v) is 12.7. The van der Waals surface area contributed by atoms with Crippen molar-refractivity contribution in [2.75, 3.05) is 0 Å². The van der Waals surface area contributed by atoms with E-state index in [0.717, 1.165) is 0 Å². The quantitative estimate of drug-likeness (QED) is 0.722. The van der Waals surface area contributed by atoms with E-state index in [4.69, 9.17) is 10.7 Å². The van der Waals surface area contributed by atoms with Crippen LogP contribution >= 0.6 is 10.7 Å². The summed E-state index contributed by atoms with van der Waals surface area (Å²) < 4.78 is 24.9. The van der Waals surface area contributed by atoms with Crippen molar-refractivity contribution in [3.05, 3.63) is 0 Å². The van der Waals surface area contributed by atoms with E-state index in [1.165, 1.54) is 4.31 Å². The van der Waals surface area contributed by atoms with Gasteiger partial charge in [-0.05, 0) is 26.7 Å². The van der Waals surface area contributed by atoms with Crippen LogP contribution in [0.4, 0.5) is 0 Å². The van der Waals surface area contributed by atoms with E-state index >= 15 is 0 Å². The SMILES string of the molecule is CC(C)C1(C)N(S(=O)(=O)Cl)C(C)(C)C1(C)C. The molecule has 0 saturated carbocycles. The van der Waals surface area contributed by atoms with Crippen molar-refractivity contribution in [3.8, 4) is 0 Å². The Morgan fingerprint density at radius 3 is 1.62 bits per heavy atom. The van der Waals surface area contributed by atoms with E-state index in [0.29, 0.717) is 0 Å². The maximum absolute atomic E-state index is 11.7. The molecule has 0 bridgehead atoms. The third-order valence-electron chi connectivity index (χ3n) is 5.07. The van der Waals surface area contributed by atoms with Gasteiger partial charge in [0.05, 0.1) is 0 Å². The molecule has 96 valence electrons. The van der Waals surface area contributed by atoms with E-state index in [9.17, 15) is 8.42 Å². The van der Waals surface area contributed by atoms with Gasteiger partial charge in [0.2, 0.25) is 0 Å². The molecule has 3 nitrogen and oxygen atoms in total. The fourth-order valence-electron chi connectivity index (χ4n) is 3.11. The van der Waals surface area contributed by atoms with Gasteiger partial charge >= 0.3 is 9.24 Å². The molecule has 0 radical (unpaired) electrons. The van der Waals surface area contributed by atoms with Crippen molar-refractivity contribution in [2.24, 2.45) is 11.3 Å². The topological polar surface area (TPSA) is 37.4 Å². The van der Waals surface area contributed by atoms with Crippen LogP contribution in [0.15, 0.2) is 0 Å². The van der Waals surface area contributed by atoms with E-state index in [2.05, 4.69) is 13.8 Å². The van der Waals surface area contributed by atoms with Crippen molar-refractivity contribution in [2.45, 2.75) is 59.5 Å². The Morgan fingerprint density at radius 2 is 1.44 bits per heavy atom. The van der Waals surface area contributed by atoms with Gasteiger partial charge < -0.3 is 0 Å². The third-order valence-corrected chi connectivity index (χ3v) is 6.75. The van der Waals surface area contributed by atoms with Crippen LogP contribution in [0.2, 0.25) is 0 Å². The summed E-state index contributed by atoms with van der Waals surface area (Å²) >= 11 is 0. The second-order valence-corrected chi connectivity index (χ2v) is 8.55. The molecular weight excluding hydrogens is 246 g/mol. The van der Waals surface area contributed by atoms with Crippen molar-refractivity contribution in [1.29, 1.82) is 0 Å². The highest BCUT2D eigenvalue weighted by atomic mass is 35.7. The molecule has 0 aromatic heterocycles. The minimum absolute atomic E-state index is 0.115. The number of nitrogens with zero attached hydrogens (tertiary/aromatic N) is 1. The first-order valence-corrected chi connectivity index (χ1v) is 7.83. The molecule has 0 amide bonds. The molecule has 1 atom stereocenters. The van der Waals surface area contributed by atoms with Crippen LogP contribution in [-0.4, -0.2) is 23.8 Å². The summed E-state index contributed by atoms with van der Waals surface area (Å²) in [5.74, 6) is 0.212. The largest absolute Gasteiger partial charge is 0.300 e. The lowest BCUT2D eigenvalue weighted by atomic mass is 9.50. The maximum Gasteiger partial charge on any atom is 0.300 e. The first-order valence-electron chi connectivity index (χ1n) is 5.56. The van der Waals surface area contributed by atoms with Crippen molar-refractivity contribution < 1.29 is 8.42 Å². The molecule has 1 heterocycles. The fourth-order valence-corrected chi connectivity index (χ4v) is 5.72.